The number of hydrogen-bond acceptors (Lipinski definition) is 4. The van der Waals surface area contributed by atoms with E-state index in [-0.39, 0.29) is 11.8 Å². The molecule has 0 fully saturated rings. The van der Waals surface area contributed by atoms with Gasteiger partial charge in [0.1, 0.15) is 11.5 Å². The lowest BCUT2D eigenvalue weighted by Gasteiger charge is -2.07. The van der Waals surface area contributed by atoms with E-state index in [1.807, 2.05) is 48.5 Å². The van der Waals surface area contributed by atoms with Crippen LogP contribution in [0.5, 0.6) is 11.5 Å². The molecule has 2 amide bonds. The molecule has 6 heteroatoms. The van der Waals surface area contributed by atoms with Crippen LogP contribution in [0.25, 0.3) is 0 Å². The van der Waals surface area contributed by atoms with E-state index < -0.39 is 0 Å². The molecule has 0 saturated carbocycles. The minimum Gasteiger partial charge on any atom is -0.497 e. The SMILES string of the molecule is COc1ccc(CC(=O)NCCCCCCCCNC(=O)Cc2ccc(OC)cc2)cc1. The topological polar surface area (TPSA) is 76.7 Å². The third kappa shape index (κ3) is 10.3. The summed E-state index contributed by atoms with van der Waals surface area (Å²) in [5, 5.41) is 5.97. The number of carbonyl (C=O) groups excluding carboxylic acids is 2. The number of benzene rings is 2. The third-order valence-corrected chi connectivity index (χ3v) is 5.30. The highest BCUT2D eigenvalue weighted by Crippen LogP contribution is 2.12. The second kappa shape index (κ2) is 14.9. The van der Waals surface area contributed by atoms with Gasteiger partial charge in [-0.25, -0.2) is 0 Å². The molecule has 0 aliphatic carbocycles. The minimum absolute atomic E-state index is 0.0561. The summed E-state index contributed by atoms with van der Waals surface area (Å²) in [5.41, 5.74) is 1.97. The summed E-state index contributed by atoms with van der Waals surface area (Å²) in [6.07, 6.45) is 7.28. The molecule has 0 saturated heterocycles. The van der Waals surface area contributed by atoms with Crippen molar-refractivity contribution in [1.29, 1.82) is 0 Å². The van der Waals surface area contributed by atoms with Crippen LogP contribution in [0.4, 0.5) is 0 Å². The van der Waals surface area contributed by atoms with Gasteiger partial charge in [0.25, 0.3) is 0 Å². The van der Waals surface area contributed by atoms with Crippen LogP contribution < -0.4 is 20.1 Å². The van der Waals surface area contributed by atoms with Crippen LogP contribution in [0.2, 0.25) is 0 Å². The van der Waals surface area contributed by atoms with Gasteiger partial charge in [-0.05, 0) is 48.2 Å². The quantitative estimate of drug-likeness (QED) is 0.410. The molecule has 0 unspecified atom stereocenters. The predicted octanol–water partition coefficient (Wildman–Crippen LogP) is 4.06. The summed E-state index contributed by atoms with van der Waals surface area (Å²) in [6, 6.07) is 15.1. The Hall–Kier alpha value is -3.02. The lowest BCUT2D eigenvalue weighted by atomic mass is 10.1. The van der Waals surface area contributed by atoms with Crippen LogP contribution in [0.1, 0.15) is 49.7 Å². The fraction of sp³-hybridized carbons (Fsp3) is 0.462. The largest absolute Gasteiger partial charge is 0.497 e. The molecule has 2 N–H and O–H groups in total. The van der Waals surface area contributed by atoms with Crippen molar-refractivity contribution in [3.63, 3.8) is 0 Å². The monoisotopic (exact) mass is 440 g/mol. The van der Waals surface area contributed by atoms with Gasteiger partial charge in [0.2, 0.25) is 11.8 Å². The first kappa shape index (κ1) is 25.2. The van der Waals surface area contributed by atoms with Gasteiger partial charge in [0.15, 0.2) is 0 Å². The summed E-state index contributed by atoms with van der Waals surface area (Å²) in [4.78, 5) is 24.0. The number of ether oxygens (including phenoxy) is 2. The van der Waals surface area contributed by atoms with E-state index in [2.05, 4.69) is 10.6 Å². The molecule has 0 aromatic heterocycles. The lowest BCUT2D eigenvalue weighted by Crippen LogP contribution is -2.26. The molecule has 0 radical (unpaired) electrons. The Kier molecular flexibility index (Phi) is 11.7. The van der Waals surface area contributed by atoms with Crippen LogP contribution in [0.3, 0.4) is 0 Å². The minimum atomic E-state index is 0.0561. The van der Waals surface area contributed by atoms with Crippen LogP contribution in [0, 0.1) is 0 Å². The van der Waals surface area contributed by atoms with E-state index in [0.29, 0.717) is 12.8 Å². The molecule has 0 atom stereocenters. The second-order valence-electron chi connectivity index (χ2n) is 7.87. The standard InChI is InChI=1S/C26H36N2O4/c1-31-23-13-9-21(10-14-23)19-25(29)27-17-7-5-3-4-6-8-18-28-26(30)20-22-11-15-24(32-2)16-12-22/h9-16H,3-8,17-20H2,1-2H3,(H,27,29)(H,28,30). The summed E-state index contributed by atoms with van der Waals surface area (Å²) in [5.74, 6) is 1.70. The zero-order valence-corrected chi connectivity index (χ0v) is 19.3. The molecule has 0 spiro atoms. The van der Waals surface area contributed by atoms with Crippen molar-refractivity contribution in [2.75, 3.05) is 27.3 Å². The first-order valence-electron chi connectivity index (χ1n) is 11.4. The van der Waals surface area contributed by atoms with Crippen molar-refractivity contribution in [1.82, 2.24) is 10.6 Å². The maximum absolute atomic E-state index is 12.0. The number of methoxy groups -OCH3 is 2. The number of amides is 2. The summed E-state index contributed by atoms with van der Waals surface area (Å²) in [6.45, 7) is 1.44. The highest BCUT2D eigenvalue weighted by atomic mass is 16.5. The summed E-state index contributed by atoms with van der Waals surface area (Å²) in [7, 11) is 3.26. The Balaban J connectivity index is 1.41. The smallest absolute Gasteiger partial charge is 0.224 e. The Bertz CT molecular complexity index is 734. The van der Waals surface area contributed by atoms with Crippen LogP contribution >= 0.6 is 0 Å². The van der Waals surface area contributed by atoms with Gasteiger partial charge in [-0.2, -0.15) is 0 Å². The average Bonchev–Trinajstić information content (AvgIpc) is 2.81. The highest BCUT2D eigenvalue weighted by molar-refractivity contribution is 5.79. The zero-order chi connectivity index (χ0) is 23.0. The van der Waals surface area contributed by atoms with Crippen molar-refractivity contribution >= 4 is 11.8 Å². The van der Waals surface area contributed by atoms with Gasteiger partial charge in [-0.15, -0.1) is 0 Å². The Morgan fingerprint density at radius 3 is 1.28 bits per heavy atom. The molecule has 6 nitrogen and oxygen atoms in total. The normalized spacial score (nSPS) is 10.4. The molecule has 0 bridgehead atoms. The van der Waals surface area contributed by atoms with Gasteiger partial charge in [-0.3, -0.25) is 9.59 Å². The van der Waals surface area contributed by atoms with Crippen molar-refractivity contribution in [3.05, 3.63) is 59.7 Å². The van der Waals surface area contributed by atoms with E-state index >= 15 is 0 Å². The Morgan fingerprint density at radius 1 is 0.594 bits per heavy atom. The highest BCUT2D eigenvalue weighted by Gasteiger charge is 2.04. The third-order valence-electron chi connectivity index (χ3n) is 5.30. The average molecular weight is 441 g/mol. The molecule has 2 rings (SSSR count). The van der Waals surface area contributed by atoms with Crippen molar-refractivity contribution in [2.24, 2.45) is 0 Å². The van der Waals surface area contributed by atoms with E-state index in [1.165, 1.54) is 0 Å². The van der Waals surface area contributed by atoms with Gasteiger partial charge in [0.05, 0.1) is 27.1 Å². The predicted molar refractivity (Wildman–Crippen MR) is 127 cm³/mol. The number of unbranched alkanes of at least 4 members (excludes halogenated alkanes) is 5. The van der Waals surface area contributed by atoms with E-state index in [0.717, 1.165) is 74.2 Å². The molecule has 0 aliphatic rings. The van der Waals surface area contributed by atoms with Crippen molar-refractivity contribution in [3.8, 4) is 11.5 Å². The van der Waals surface area contributed by atoms with Crippen molar-refractivity contribution in [2.45, 2.75) is 51.4 Å². The van der Waals surface area contributed by atoms with Crippen LogP contribution in [0.15, 0.2) is 48.5 Å². The number of carbonyl (C=O) groups is 2. The maximum Gasteiger partial charge on any atom is 0.224 e. The zero-order valence-electron chi connectivity index (χ0n) is 19.3. The van der Waals surface area contributed by atoms with Crippen LogP contribution in [-0.2, 0) is 22.4 Å². The molecule has 2 aromatic carbocycles. The van der Waals surface area contributed by atoms with Crippen molar-refractivity contribution < 1.29 is 19.1 Å². The van der Waals surface area contributed by atoms with Gasteiger partial charge < -0.3 is 20.1 Å². The molecule has 0 aliphatic heterocycles. The fourth-order valence-corrected chi connectivity index (χ4v) is 3.40. The number of rotatable bonds is 15. The number of nitrogens with one attached hydrogen (secondary N) is 2. The summed E-state index contributed by atoms with van der Waals surface area (Å²) >= 11 is 0. The molecular weight excluding hydrogens is 404 g/mol. The fourth-order valence-electron chi connectivity index (χ4n) is 3.40. The Labute approximate surface area is 191 Å². The van der Waals surface area contributed by atoms with Gasteiger partial charge in [0, 0.05) is 13.1 Å². The van der Waals surface area contributed by atoms with Crippen LogP contribution in [-0.4, -0.2) is 39.1 Å². The van der Waals surface area contributed by atoms with E-state index in [4.69, 9.17) is 9.47 Å². The van der Waals surface area contributed by atoms with Gasteiger partial charge in [-0.1, -0.05) is 49.9 Å². The van der Waals surface area contributed by atoms with Gasteiger partial charge >= 0.3 is 0 Å². The molecule has 174 valence electrons. The van der Waals surface area contributed by atoms with E-state index in [1.54, 1.807) is 14.2 Å². The maximum atomic E-state index is 12.0. The number of hydrogen-bond donors (Lipinski definition) is 2. The molecule has 32 heavy (non-hydrogen) atoms. The first-order chi connectivity index (χ1) is 15.6. The second-order valence-corrected chi connectivity index (χ2v) is 7.87. The first-order valence-corrected chi connectivity index (χ1v) is 11.4. The Morgan fingerprint density at radius 2 is 0.938 bits per heavy atom. The molecular formula is C26H36N2O4. The lowest BCUT2D eigenvalue weighted by molar-refractivity contribution is -0.121. The molecule has 0 heterocycles. The summed E-state index contributed by atoms with van der Waals surface area (Å²) < 4.78 is 10.2. The molecule has 2 aromatic rings. The van der Waals surface area contributed by atoms with E-state index in [9.17, 15) is 9.59 Å².